The van der Waals surface area contributed by atoms with Gasteiger partial charge in [0.2, 0.25) is 5.91 Å². The van der Waals surface area contributed by atoms with E-state index in [1.807, 2.05) is 0 Å². The number of nitrogens with one attached hydrogen (secondary N) is 3. The summed E-state index contributed by atoms with van der Waals surface area (Å²) in [5, 5.41) is 47.8. The van der Waals surface area contributed by atoms with Crippen LogP contribution in [0.25, 0.3) is 0 Å². The van der Waals surface area contributed by atoms with E-state index in [1.165, 1.54) is 19.1 Å². The molecule has 1 heterocycles. The molecular weight excluding hydrogens is 425 g/mol. The van der Waals surface area contributed by atoms with Gasteiger partial charge in [-0.25, -0.2) is 9.18 Å². The van der Waals surface area contributed by atoms with Gasteiger partial charge in [-0.15, -0.1) is 0 Å². The van der Waals surface area contributed by atoms with Crippen molar-refractivity contribution in [1.82, 2.24) is 0 Å². The first-order valence-corrected chi connectivity index (χ1v) is 9.74. The van der Waals surface area contributed by atoms with Gasteiger partial charge in [-0.1, -0.05) is 12.1 Å². The fourth-order valence-corrected chi connectivity index (χ4v) is 3.23. The molecule has 0 spiro atoms. The Bertz CT molecular complexity index is 972. The predicted molar refractivity (Wildman–Crippen MR) is 112 cm³/mol. The van der Waals surface area contributed by atoms with Crippen LogP contribution in [0.1, 0.15) is 12.5 Å². The zero-order valence-electron chi connectivity index (χ0n) is 17.0. The maximum atomic E-state index is 13.1. The molecule has 10 nitrogen and oxygen atoms in total. The number of benzene rings is 2. The molecular formula is C21H24FN3O7. The Morgan fingerprint density at radius 3 is 2.31 bits per heavy atom. The quantitative estimate of drug-likeness (QED) is 0.323. The molecule has 1 aliphatic rings. The number of aliphatic hydroxyl groups excluding tert-OH is 3. The minimum Gasteiger partial charge on any atom is -0.479 e. The van der Waals surface area contributed by atoms with Crippen LogP contribution in [0.5, 0.6) is 0 Å². The lowest BCUT2D eigenvalue weighted by atomic mass is 9.98. The van der Waals surface area contributed by atoms with Gasteiger partial charge in [-0.3, -0.25) is 4.79 Å². The molecule has 1 saturated heterocycles. The Morgan fingerprint density at radius 2 is 1.69 bits per heavy atom. The van der Waals surface area contributed by atoms with Crippen molar-refractivity contribution in [2.75, 3.05) is 16.0 Å². The molecule has 1 fully saturated rings. The van der Waals surface area contributed by atoms with E-state index in [-0.39, 0.29) is 17.4 Å². The van der Waals surface area contributed by atoms with Crippen molar-refractivity contribution in [1.29, 1.82) is 0 Å². The van der Waals surface area contributed by atoms with E-state index in [9.17, 15) is 34.4 Å². The summed E-state index contributed by atoms with van der Waals surface area (Å²) in [5.41, 5.74) is 1.99. The molecule has 1 aliphatic heterocycles. The first kappa shape index (κ1) is 23.4. The van der Waals surface area contributed by atoms with Crippen LogP contribution >= 0.6 is 0 Å². The lowest BCUT2D eigenvalue weighted by molar-refractivity contribution is -0.221. The van der Waals surface area contributed by atoms with E-state index in [4.69, 9.17) is 4.74 Å². The monoisotopic (exact) mass is 449 g/mol. The van der Waals surface area contributed by atoms with Gasteiger partial charge in [0, 0.05) is 19.2 Å². The van der Waals surface area contributed by atoms with Crippen LogP contribution in [0.2, 0.25) is 0 Å². The number of hydrogen-bond donors (Lipinski definition) is 7. The maximum absolute atomic E-state index is 13.1. The van der Waals surface area contributed by atoms with Crippen LogP contribution in [0.4, 0.5) is 21.5 Å². The van der Waals surface area contributed by atoms with E-state index < -0.39 is 36.6 Å². The smallest absolute Gasteiger partial charge is 0.335 e. The van der Waals surface area contributed by atoms with E-state index in [0.29, 0.717) is 17.9 Å². The summed E-state index contributed by atoms with van der Waals surface area (Å²) in [6.07, 6.45) is -8.41. The number of carboxylic acids is 1. The highest BCUT2D eigenvalue weighted by Gasteiger charge is 2.47. The molecule has 0 aliphatic carbocycles. The van der Waals surface area contributed by atoms with Gasteiger partial charge in [0.25, 0.3) is 0 Å². The highest BCUT2D eigenvalue weighted by molar-refractivity contribution is 5.93. The Kier molecular flexibility index (Phi) is 7.26. The van der Waals surface area contributed by atoms with Gasteiger partial charge in [-0.2, -0.15) is 0 Å². The highest BCUT2D eigenvalue weighted by atomic mass is 19.1. The Labute approximate surface area is 182 Å². The van der Waals surface area contributed by atoms with E-state index in [1.54, 1.807) is 30.3 Å². The lowest BCUT2D eigenvalue weighted by Gasteiger charge is -2.39. The molecule has 0 aromatic heterocycles. The first-order chi connectivity index (χ1) is 15.2. The number of rotatable bonds is 7. The zero-order chi connectivity index (χ0) is 23.4. The number of carbonyl (C=O) groups is 2. The molecule has 0 radical (unpaired) electrons. The minimum absolute atomic E-state index is 0.265. The average Bonchev–Trinajstić information content (AvgIpc) is 2.74. The van der Waals surface area contributed by atoms with E-state index >= 15 is 0 Å². The molecule has 32 heavy (non-hydrogen) atoms. The summed E-state index contributed by atoms with van der Waals surface area (Å²) in [5.74, 6) is -2.23. The van der Waals surface area contributed by atoms with Crippen LogP contribution in [0, 0.1) is 5.82 Å². The fourth-order valence-electron chi connectivity index (χ4n) is 3.23. The summed E-state index contributed by atoms with van der Waals surface area (Å²) in [6.45, 7) is 1.67. The summed E-state index contributed by atoms with van der Waals surface area (Å²) >= 11 is 0. The predicted octanol–water partition coefficient (Wildman–Crippen LogP) is 0.700. The molecule has 0 saturated carbocycles. The Morgan fingerprint density at radius 1 is 1.00 bits per heavy atom. The molecule has 7 N–H and O–H groups in total. The molecule has 1 amide bonds. The third-order valence-electron chi connectivity index (χ3n) is 4.89. The molecule has 172 valence electrons. The van der Waals surface area contributed by atoms with Crippen LogP contribution in [0.3, 0.4) is 0 Å². The maximum Gasteiger partial charge on any atom is 0.335 e. The van der Waals surface area contributed by atoms with Crippen molar-refractivity contribution >= 4 is 28.9 Å². The van der Waals surface area contributed by atoms with Gasteiger partial charge in [-0.05, 0) is 35.9 Å². The minimum atomic E-state index is -1.82. The molecule has 5 atom stereocenters. The number of amides is 1. The molecule has 0 bridgehead atoms. The third-order valence-corrected chi connectivity index (χ3v) is 4.89. The SMILES string of the molecule is CC(=O)Nc1ccc(NCc2ccc(F)cc2)cc1N[C@@H]1O[C@H](C(=O)O)[C@@H](O)[C@H](O)[C@H]1O. The van der Waals surface area contributed by atoms with Gasteiger partial charge < -0.3 is 41.1 Å². The first-order valence-electron chi connectivity index (χ1n) is 9.74. The fraction of sp³-hybridized carbons (Fsp3) is 0.333. The van der Waals surface area contributed by atoms with Crippen molar-refractivity contribution in [2.45, 2.75) is 44.1 Å². The van der Waals surface area contributed by atoms with Gasteiger partial charge in [0.05, 0.1) is 11.4 Å². The summed E-state index contributed by atoms with van der Waals surface area (Å²) in [4.78, 5) is 22.9. The van der Waals surface area contributed by atoms with Crippen molar-refractivity contribution in [3.63, 3.8) is 0 Å². The van der Waals surface area contributed by atoms with Crippen LogP contribution in [-0.2, 0) is 20.9 Å². The van der Waals surface area contributed by atoms with Gasteiger partial charge >= 0.3 is 5.97 Å². The molecule has 11 heteroatoms. The molecule has 2 aromatic carbocycles. The number of aliphatic hydroxyl groups is 3. The lowest BCUT2D eigenvalue weighted by Crippen LogP contribution is -2.61. The molecule has 0 unspecified atom stereocenters. The number of hydrogen-bond acceptors (Lipinski definition) is 8. The number of halogens is 1. The van der Waals surface area contributed by atoms with Crippen molar-refractivity contribution in [3.8, 4) is 0 Å². The van der Waals surface area contributed by atoms with Crippen LogP contribution < -0.4 is 16.0 Å². The number of carbonyl (C=O) groups excluding carboxylic acids is 1. The number of carboxylic acid groups (broad SMARTS) is 1. The second-order valence-corrected chi connectivity index (χ2v) is 7.35. The highest BCUT2D eigenvalue weighted by Crippen LogP contribution is 2.30. The summed E-state index contributed by atoms with van der Waals surface area (Å²) in [6, 6.07) is 10.8. The molecule has 2 aromatic rings. The molecule has 3 rings (SSSR count). The average molecular weight is 449 g/mol. The summed E-state index contributed by atoms with van der Waals surface area (Å²) < 4.78 is 18.3. The Hall–Kier alpha value is -3.25. The normalized spacial score (nSPS) is 25.1. The summed E-state index contributed by atoms with van der Waals surface area (Å²) in [7, 11) is 0. The number of aliphatic carboxylic acids is 1. The largest absolute Gasteiger partial charge is 0.479 e. The zero-order valence-corrected chi connectivity index (χ0v) is 17.0. The topological polar surface area (TPSA) is 160 Å². The van der Waals surface area contributed by atoms with E-state index in [2.05, 4.69) is 16.0 Å². The van der Waals surface area contributed by atoms with E-state index in [0.717, 1.165) is 5.56 Å². The van der Waals surface area contributed by atoms with Crippen LogP contribution in [-0.4, -0.2) is 62.9 Å². The van der Waals surface area contributed by atoms with Crippen molar-refractivity contribution in [2.24, 2.45) is 0 Å². The second kappa shape index (κ2) is 9.92. The number of ether oxygens (including phenoxy) is 1. The Balaban J connectivity index is 1.82. The second-order valence-electron chi connectivity index (χ2n) is 7.35. The van der Waals surface area contributed by atoms with Crippen LogP contribution in [0.15, 0.2) is 42.5 Å². The van der Waals surface area contributed by atoms with Gasteiger partial charge in [0.15, 0.2) is 12.3 Å². The van der Waals surface area contributed by atoms with Crippen molar-refractivity contribution < 1.29 is 39.1 Å². The number of anilines is 3. The third kappa shape index (κ3) is 5.51. The van der Waals surface area contributed by atoms with Crippen molar-refractivity contribution in [3.05, 3.63) is 53.8 Å². The standard InChI is InChI=1S/C21H24FN3O7/c1-10(26)24-14-7-6-13(23-9-11-2-4-12(22)5-3-11)8-15(14)25-20-18(29)16(27)17(28)19(32-20)21(30)31/h2-8,16-20,23,25,27-29H,9H2,1H3,(H,24,26)(H,30,31)/t16-,17-,18+,19-,20+/m0/s1. The van der Waals surface area contributed by atoms with Gasteiger partial charge in [0.1, 0.15) is 24.1 Å².